The van der Waals surface area contributed by atoms with E-state index in [1.807, 2.05) is 23.1 Å². The molecule has 0 spiro atoms. The fraction of sp³-hybridized carbons (Fsp3) is 0.450. The van der Waals surface area contributed by atoms with Crippen molar-refractivity contribution in [2.75, 3.05) is 26.8 Å². The van der Waals surface area contributed by atoms with E-state index in [1.165, 1.54) is 10.4 Å². The summed E-state index contributed by atoms with van der Waals surface area (Å²) in [5.74, 6) is 1.10. The summed E-state index contributed by atoms with van der Waals surface area (Å²) < 4.78 is 11.1. The summed E-state index contributed by atoms with van der Waals surface area (Å²) in [5, 5.41) is 2.09. The number of carbonyl (C=O) groups excluding carboxylic acids is 1. The predicted molar refractivity (Wildman–Crippen MR) is 100 cm³/mol. The van der Waals surface area contributed by atoms with Crippen LogP contribution in [0.2, 0.25) is 0 Å². The highest BCUT2D eigenvalue weighted by Crippen LogP contribution is 2.18. The number of benzene rings is 1. The molecule has 0 N–H and O–H groups in total. The van der Waals surface area contributed by atoms with Crippen LogP contribution in [0.1, 0.15) is 23.3 Å². The zero-order chi connectivity index (χ0) is 17.5. The Morgan fingerprint density at radius 1 is 1.36 bits per heavy atom. The number of carbonyl (C=O) groups is 1. The van der Waals surface area contributed by atoms with Gasteiger partial charge in [0.15, 0.2) is 0 Å². The van der Waals surface area contributed by atoms with Crippen LogP contribution < -0.4 is 4.74 Å². The molecule has 0 radical (unpaired) electrons. The Labute approximate surface area is 153 Å². The molecule has 2 heterocycles. The number of hydrogen-bond acceptors (Lipinski definition) is 4. The number of nitrogens with zero attached hydrogens (tertiary/aromatic N) is 1. The maximum absolute atomic E-state index is 12.5. The SMILES string of the molecule is COc1cccc(C[C@H]2CN(C(=O)CCCc3cccs3)CCO2)c1. The first-order valence-electron chi connectivity index (χ1n) is 8.79. The molecule has 1 atom stereocenters. The Morgan fingerprint density at radius 3 is 3.08 bits per heavy atom. The summed E-state index contributed by atoms with van der Waals surface area (Å²) in [6, 6.07) is 12.2. The van der Waals surface area contributed by atoms with Crippen molar-refractivity contribution in [3.05, 3.63) is 52.2 Å². The average molecular weight is 359 g/mol. The minimum absolute atomic E-state index is 0.0575. The molecule has 0 aliphatic carbocycles. The Hall–Kier alpha value is -1.85. The quantitative estimate of drug-likeness (QED) is 0.759. The van der Waals surface area contributed by atoms with Crippen LogP contribution >= 0.6 is 11.3 Å². The highest BCUT2D eigenvalue weighted by molar-refractivity contribution is 7.09. The van der Waals surface area contributed by atoms with Gasteiger partial charge in [-0.05, 0) is 42.0 Å². The zero-order valence-corrected chi connectivity index (χ0v) is 15.5. The third kappa shape index (κ3) is 5.31. The van der Waals surface area contributed by atoms with Crippen molar-refractivity contribution in [2.45, 2.75) is 31.8 Å². The molecule has 1 fully saturated rings. The second-order valence-electron chi connectivity index (χ2n) is 6.32. The molecule has 25 heavy (non-hydrogen) atoms. The molecular weight excluding hydrogens is 334 g/mol. The molecule has 1 aromatic carbocycles. The summed E-state index contributed by atoms with van der Waals surface area (Å²) in [7, 11) is 1.67. The number of ether oxygens (including phenoxy) is 2. The minimum Gasteiger partial charge on any atom is -0.497 e. The van der Waals surface area contributed by atoms with Gasteiger partial charge in [0, 0.05) is 30.8 Å². The molecule has 0 saturated carbocycles. The van der Waals surface area contributed by atoms with Crippen LogP contribution in [-0.4, -0.2) is 43.7 Å². The van der Waals surface area contributed by atoms with Crippen molar-refractivity contribution in [1.82, 2.24) is 4.90 Å². The Kier molecular flexibility index (Phi) is 6.48. The summed E-state index contributed by atoms with van der Waals surface area (Å²) in [4.78, 5) is 15.8. The molecule has 3 rings (SSSR count). The number of aryl methyl sites for hydroxylation is 1. The van der Waals surface area contributed by atoms with E-state index in [-0.39, 0.29) is 12.0 Å². The molecule has 134 valence electrons. The third-order valence-corrected chi connectivity index (χ3v) is 5.42. The second kappa shape index (κ2) is 9.02. The molecule has 1 saturated heterocycles. The molecule has 2 aromatic rings. The van der Waals surface area contributed by atoms with Crippen LogP contribution in [0.15, 0.2) is 41.8 Å². The van der Waals surface area contributed by atoms with Crippen LogP contribution in [-0.2, 0) is 22.4 Å². The van der Waals surface area contributed by atoms with E-state index in [0.717, 1.165) is 25.0 Å². The number of hydrogen-bond donors (Lipinski definition) is 0. The van der Waals surface area contributed by atoms with Crippen molar-refractivity contribution in [3.8, 4) is 5.75 Å². The van der Waals surface area contributed by atoms with Gasteiger partial charge in [-0.15, -0.1) is 11.3 Å². The monoisotopic (exact) mass is 359 g/mol. The Bertz CT molecular complexity index is 671. The molecule has 5 heteroatoms. The van der Waals surface area contributed by atoms with Crippen molar-refractivity contribution in [1.29, 1.82) is 0 Å². The van der Waals surface area contributed by atoms with Gasteiger partial charge >= 0.3 is 0 Å². The molecule has 1 aliphatic heterocycles. The molecule has 0 unspecified atom stereocenters. The van der Waals surface area contributed by atoms with Crippen molar-refractivity contribution < 1.29 is 14.3 Å². The fourth-order valence-corrected chi connectivity index (χ4v) is 3.91. The largest absolute Gasteiger partial charge is 0.497 e. The van der Waals surface area contributed by atoms with Crippen molar-refractivity contribution in [3.63, 3.8) is 0 Å². The number of morpholine rings is 1. The van der Waals surface area contributed by atoms with Gasteiger partial charge in [0.25, 0.3) is 0 Å². The van der Waals surface area contributed by atoms with Gasteiger partial charge in [-0.3, -0.25) is 4.79 Å². The minimum atomic E-state index is 0.0575. The fourth-order valence-electron chi connectivity index (χ4n) is 3.16. The predicted octanol–water partition coefficient (Wildman–Crippen LogP) is 3.55. The molecule has 1 aromatic heterocycles. The molecule has 1 amide bonds. The molecule has 1 aliphatic rings. The van der Waals surface area contributed by atoms with Crippen molar-refractivity contribution in [2.24, 2.45) is 0 Å². The summed E-state index contributed by atoms with van der Waals surface area (Å²) in [6.07, 6.45) is 3.38. The average Bonchev–Trinajstić information content (AvgIpc) is 3.15. The summed E-state index contributed by atoms with van der Waals surface area (Å²) in [5.41, 5.74) is 1.18. The number of methoxy groups -OCH3 is 1. The normalized spacial score (nSPS) is 17.5. The van der Waals surface area contributed by atoms with Gasteiger partial charge in [0.05, 0.1) is 19.8 Å². The van der Waals surface area contributed by atoms with Gasteiger partial charge in [0.2, 0.25) is 5.91 Å². The van der Waals surface area contributed by atoms with Crippen LogP contribution in [0, 0.1) is 0 Å². The number of thiophene rings is 1. The molecular formula is C20H25NO3S. The first-order valence-corrected chi connectivity index (χ1v) is 9.67. The van der Waals surface area contributed by atoms with E-state index in [1.54, 1.807) is 18.4 Å². The topological polar surface area (TPSA) is 38.8 Å². The van der Waals surface area contributed by atoms with Crippen LogP contribution in [0.4, 0.5) is 0 Å². The van der Waals surface area contributed by atoms with E-state index in [0.29, 0.717) is 26.1 Å². The van der Waals surface area contributed by atoms with Gasteiger partial charge in [0.1, 0.15) is 5.75 Å². The van der Waals surface area contributed by atoms with E-state index in [2.05, 4.69) is 23.6 Å². The first kappa shape index (κ1) is 18.0. The third-order valence-electron chi connectivity index (χ3n) is 4.48. The van der Waals surface area contributed by atoms with Gasteiger partial charge in [-0.25, -0.2) is 0 Å². The van der Waals surface area contributed by atoms with Gasteiger partial charge in [-0.1, -0.05) is 18.2 Å². The lowest BCUT2D eigenvalue weighted by atomic mass is 10.1. The molecule has 4 nitrogen and oxygen atoms in total. The summed E-state index contributed by atoms with van der Waals surface area (Å²) >= 11 is 1.76. The first-order chi connectivity index (χ1) is 12.2. The standard InChI is InChI=1S/C20H25NO3S/c1-23-17-6-2-5-16(13-17)14-18-15-21(10-11-24-18)20(22)9-3-7-19-8-4-12-25-19/h2,4-6,8,12-13,18H,3,7,9-11,14-15H2,1H3/t18-/m0/s1. The van der Waals surface area contributed by atoms with E-state index in [9.17, 15) is 4.79 Å². The smallest absolute Gasteiger partial charge is 0.222 e. The molecule has 0 bridgehead atoms. The van der Waals surface area contributed by atoms with E-state index >= 15 is 0 Å². The van der Waals surface area contributed by atoms with Crippen LogP contribution in [0.3, 0.4) is 0 Å². The lowest BCUT2D eigenvalue weighted by molar-refractivity contribution is -0.138. The van der Waals surface area contributed by atoms with Crippen LogP contribution in [0.25, 0.3) is 0 Å². The van der Waals surface area contributed by atoms with Crippen LogP contribution in [0.5, 0.6) is 5.75 Å². The van der Waals surface area contributed by atoms with Crippen molar-refractivity contribution >= 4 is 17.2 Å². The van der Waals surface area contributed by atoms with E-state index in [4.69, 9.17) is 9.47 Å². The van der Waals surface area contributed by atoms with Gasteiger partial charge in [-0.2, -0.15) is 0 Å². The van der Waals surface area contributed by atoms with E-state index < -0.39 is 0 Å². The maximum atomic E-state index is 12.5. The Balaban J connectivity index is 1.47. The lowest BCUT2D eigenvalue weighted by Gasteiger charge is -2.33. The maximum Gasteiger partial charge on any atom is 0.222 e. The highest BCUT2D eigenvalue weighted by atomic mass is 32.1. The Morgan fingerprint density at radius 2 is 2.28 bits per heavy atom. The lowest BCUT2D eigenvalue weighted by Crippen LogP contribution is -2.46. The number of amides is 1. The van der Waals surface area contributed by atoms with Gasteiger partial charge < -0.3 is 14.4 Å². The highest BCUT2D eigenvalue weighted by Gasteiger charge is 2.24. The zero-order valence-electron chi connectivity index (χ0n) is 14.6. The number of rotatable bonds is 7. The second-order valence-corrected chi connectivity index (χ2v) is 7.35. The summed E-state index contributed by atoms with van der Waals surface area (Å²) in [6.45, 7) is 1.99.